The van der Waals surface area contributed by atoms with Crippen LogP contribution in [0.4, 0.5) is 0 Å². The van der Waals surface area contributed by atoms with Crippen molar-refractivity contribution >= 4 is 17.7 Å². The fourth-order valence-corrected chi connectivity index (χ4v) is 1.70. The highest BCUT2D eigenvalue weighted by Crippen LogP contribution is 2.18. The van der Waals surface area contributed by atoms with Gasteiger partial charge in [0.05, 0.1) is 20.3 Å². The molecular weight excluding hydrogens is 276 g/mol. The number of carbonyl (C=O) groups excluding carboxylic acids is 3. The number of carbonyl (C=O) groups is 3. The second kappa shape index (κ2) is 8.04. The summed E-state index contributed by atoms with van der Waals surface area (Å²) in [4.78, 5) is 36.1. The van der Waals surface area contributed by atoms with E-state index in [9.17, 15) is 14.4 Å². The molecule has 0 radical (unpaired) electrons. The fraction of sp³-hybridized carbons (Fsp3) is 0.400. The van der Waals surface area contributed by atoms with Crippen LogP contribution in [-0.4, -0.2) is 38.0 Å². The molecule has 0 unspecified atom stereocenters. The molecule has 0 saturated carbocycles. The largest absolute Gasteiger partial charge is 0.497 e. The Morgan fingerprint density at radius 1 is 1.05 bits per heavy atom. The van der Waals surface area contributed by atoms with E-state index < -0.39 is 23.6 Å². The monoisotopic (exact) mass is 294 g/mol. The molecule has 21 heavy (non-hydrogen) atoms. The fourth-order valence-electron chi connectivity index (χ4n) is 1.70. The van der Waals surface area contributed by atoms with Gasteiger partial charge in [-0.25, -0.2) is 0 Å². The zero-order valence-corrected chi connectivity index (χ0v) is 12.3. The first-order valence-corrected chi connectivity index (χ1v) is 6.56. The zero-order valence-electron chi connectivity index (χ0n) is 12.3. The third-order valence-corrected chi connectivity index (χ3v) is 2.66. The molecule has 6 heteroatoms. The maximum atomic E-state index is 12.4. The number of hydrogen-bond acceptors (Lipinski definition) is 6. The molecule has 0 fully saturated rings. The average Bonchev–Trinajstić information content (AvgIpc) is 2.48. The Morgan fingerprint density at radius 3 is 2.10 bits per heavy atom. The lowest BCUT2D eigenvalue weighted by molar-refractivity contribution is -0.158. The minimum Gasteiger partial charge on any atom is -0.497 e. The third-order valence-electron chi connectivity index (χ3n) is 2.66. The van der Waals surface area contributed by atoms with Crippen LogP contribution in [0.2, 0.25) is 0 Å². The van der Waals surface area contributed by atoms with Crippen LogP contribution in [0.5, 0.6) is 5.75 Å². The zero-order chi connectivity index (χ0) is 15.8. The van der Waals surface area contributed by atoms with Crippen molar-refractivity contribution in [2.45, 2.75) is 13.8 Å². The van der Waals surface area contributed by atoms with Crippen LogP contribution in [-0.2, 0) is 19.1 Å². The Morgan fingerprint density at radius 2 is 1.62 bits per heavy atom. The molecule has 0 atom stereocenters. The Balaban J connectivity index is 3.08. The highest BCUT2D eigenvalue weighted by Gasteiger charge is 2.37. The van der Waals surface area contributed by atoms with Crippen molar-refractivity contribution in [1.82, 2.24) is 0 Å². The topological polar surface area (TPSA) is 78.9 Å². The summed E-state index contributed by atoms with van der Waals surface area (Å²) in [6, 6.07) is 6.20. The molecule has 0 N–H and O–H groups in total. The maximum absolute atomic E-state index is 12.4. The summed E-state index contributed by atoms with van der Waals surface area (Å²) in [5.74, 6) is -3.66. The number of rotatable bonds is 7. The molecular formula is C15H18O6. The summed E-state index contributed by atoms with van der Waals surface area (Å²) in [5, 5.41) is 0. The average molecular weight is 294 g/mol. The van der Waals surface area contributed by atoms with Gasteiger partial charge in [-0.1, -0.05) is 12.1 Å². The Labute approximate surface area is 123 Å². The van der Waals surface area contributed by atoms with Crippen LogP contribution in [0, 0.1) is 5.92 Å². The molecule has 1 aromatic carbocycles. The van der Waals surface area contributed by atoms with E-state index in [1.54, 1.807) is 26.0 Å². The number of ketones is 1. The molecule has 0 spiro atoms. The van der Waals surface area contributed by atoms with Gasteiger partial charge >= 0.3 is 11.9 Å². The summed E-state index contributed by atoms with van der Waals surface area (Å²) < 4.78 is 14.6. The van der Waals surface area contributed by atoms with Gasteiger partial charge in [0.1, 0.15) is 5.75 Å². The first-order chi connectivity index (χ1) is 10.0. The summed E-state index contributed by atoms with van der Waals surface area (Å²) >= 11 is 0. The van der Waals surface area contributed by atoms with E-state index in [0.29, 0.717) is 5.75 Å². The molecule has 0 aliphatic rings. The van der Waals surface area contributed by atoms with Gasteiger partial charge in [-0.3, -0.25) is 14.4 Å². The van der Waals surface area contributed by atoms with Gasteiger partial charge in [-0.2, -0.15) is 0 Å². The van der Waals surface area contributed by atoms with E-state index in [-0.39, 0.29) is 18.8 Å². The van der Waals surface area contributed by atoms with Crippen molar-refractivity contribution in [3.8, 4) is 5.75 Å². The Hall–Kier alpha value is -2.37. The first kappa shape index (κ1) is 16.7. The Bertz CT molecular complexity index is 505. The lowest BCUT2D eigenvalue weighted by atomic mass is 9.97. The minimum atomic E-state index is -1.61. The molecule has 114 valence electrons. The molecule has 6 nitrogen and oxygen atoms in total. The van der Waals surface area contributed by atoms with Crippen molar-refractivity contribution in [1.29, 1.82) is 0 Å². The molecule has 0 aliphatic carbocycles. The molecule has 0 aromatic heterocycles. The standard InChI is InChI=1S/C15H18O6/c1-4-20-14(17)12(15(18)21-5-2)13(16)10-7-6-8-11(9-10)19-3/h6-9,12H,4-5H2,1-3H3. The van der Waals surface area contributed by atoms with Crippen molar-refractivity contribution in [2.24, 2.45) is 5.92 Å². The minimum absolute atomic E-state index is 0.0696. The first-order valence-electron chi connectivity index (χ1n) is 6.56. The van der Waals surface area contributed by atoms with Gasteiger partial charge in [0.2, 0.25) is 5.92 Å². The van der Waals surface area contributed by atoms with Gasteiger partial charge in [0.25, 0.3) is 0 Å². The molecule has 1 rings (SSSR count). The number of ether oxygens (including phenoxy) is 3. The highest BCUT2D eigenvalue weighted by atomic mass is 16.6. The molecule has 0 saturated heterocycles. The molecule has 0 amide bonds. The lowest BCUT2D eigenvalue weighted by Gasteiger charge is -2.13. The predicted molar refractivity (Wildman–Crippen MR) is 74.1 cm³/mol. The van der Waals surface area contributed by atoms with E-state index >= 15 is 0 Å². The summed E-state index contributed by atoms with van der Waals surface area (Å²) in [5.41, 5.74) is 0.181. The van der Waals surface area contributed by atoms with Crippen LogP contribution in [0.25, 0.3) is 0 Å². The van der Waals surface area contributed by atoms with Gasteiger partial charge < -0.3 is 14.2 Å². The van der Waals surface area contributed by atoms with E-state index in [4.69, 9.17) is 14.2 Å². The summed E-state index contributed by atoms with van der Waals surface area (Å²) in [6.45, 7) is 3.33. The van der Waals surface area contributed by atoms with Crippen LogP contribution >= 0.6 is 0 Å². The molecule has 1 aromatic rings. The van der Waals surface area contributed by atoms with Crippen molar-refractivity contribution in [3.05, 3.63) is 29.8 Å². The maximum Gasteiger partial charge on any atom is 0.328 e. The summed E-state index contributed by atoms with van der Waals surface area (Å²) in [6.07, 6.45) is 0. The van der Waals surface area contributed by atoms with Crippen LogP contribution in [0.1, 0.15) is 24.2 Å². The highest BCUT2D eigenvalue weighted by molar-refractivity contribution is 6.20. The van der Waals surface area contributed by atoms with Crippen LogP contribution in [0.3, 0.4) is 0 Å². The number of Topliss-reactive ketones (excluding diaryl/α,β-unsaturated/α-hetero) is 1. The van der Waals surface area contributed by atoms with Crippen molar-refractivity contribution in [2.75, 3.05) is 20.3 Å². The molecule has 0 heterocycles. The molecule has 0 bridgehead atoms. The third kappa shape index (κ3) is 4.30. The van der Waals surface area contributed by atoms with E-state index in [1.807, 2.05) is 0 Å². The quantitative estimate of drug-likeness (QED) is 0.432. The smallest absolute Gasteiger partial charge is 0.328 e. The van der Waals surface area contributed by atoms with E-state index in [0.717, 1.165) is 0 Å². The van der Waals surface area contributed by atoms with Gasteiger partial charge in [0.15, 0.2) is 5.78 Å². The van der Waals surface area contributed by atoms with Crippen molar-refractivity contribution in [3.63, 3.8) is 0 Å². The number of methoxy groups -OCH3 is 1. The lowest BCUT2D eigenvalue weighted by Crippen LogP contribution is -2.35. The second-order valence-corrected chi connectivity index (χ2v) is 4.03. The second-order valence-electron chi connectivity index (χ2n) is 4.03. The normalized spacial score (nSPS) is 10.1. The van der Waals surface area contributed by atoms with E-state index in [2.05, 4.69) is 0 Å². The van der Waals surface area contributed by atoms with Gasteiger partial charge in [-0.15, -0.1) is 0 Å². The number of hydrogen-bond donors (Lipinski definition) is 0. The van der Waals surface area contributed by atoms with Gasteiger partial charge in [-0.05, 0) is 26.0 Å². The van der Waals surface area contributed by atoms with Gasteiger partial charge in [0, 0.05) is 5.56 Å². The number of esters is 2. The summed E-state index contributed by atoms with van der Waals surface area (Å²) in [7, 11) is 1.46. The van der Waals surface area contributed by atoms with E-state index in [1.165, 1.54) is 19.2 Å². The van der Waals surface area contributed by atoms with Crippen molar-refractivity contribution < 1.29 is 28.6 Å². The van der Waals surface area contributed by atoms with Crippen LogP contribution < -0.4 is 4.74 Å². The van der Waals surface area contributed by atoms with Crippen LogP contribution in [0.15, 0.2) is 24.3 Å². The Kier molecular flexibility index (Phi) is 6.39. The predicted octanol–water partition coefficient (Wildman–Crippen LogP) is 1.62. The molecule has 0 aliphatic heterocycles. The number of benzene rings is 1. The SMILES string of the molecule is CCOC(=O)C(C(=O)OCC)C(=O)c1cccc(OC)c1.